The number of hydrogen-bond donors (Lipinski definition) is 0. The molecule has 0 amide bonds. The molecule has 1 aromatic carbocycles. The van der Waals surface area contributed by atoms with Crippen molar-refractivity contribution in [2.24, 2.45) is 7.05 Å². The van der Waals surface area contributed by atoms with Crippen LogP contribution in [0.25, 0.3) is 0 Å². The second kappa shape index (κ2) is 5.49. The van der Waals surface area contributed by atoms with Gasteiger partial charge in [0.15, 0.2) is 0 Å². The van der Waals surface area contributed by atoms with Crippen molar-refractivity contribution in [1.29, 1.82) is 0 Å². The van der Waals surface area contributed by atoms with Crippen LogP contribution < -0.4 is 4.74 Å². The molecule has 94 valence electrons. The Morgan fingerprint density at radius 1 is 1.39 bits per heavy atom. The highest BCUT2D eigenvalue weighted by atomic mass is 16.5. The van der Waals surface area contributed by atoms with Crippen LogP contribution in [0.5, 0.6) is 5.75 Å². The fraction of sp³-hybridized carbons (Fsp3) is 0.286. The molecule has 0 N–H and O–H groups in total. The molecule has 0 saturated carbocycles. The van der Waals surface area contributed by atoms with E-state index >= 15 is 0 Å². The summed E-state index contributed by atoms with van der Waals surface area (Å²) in [5.74, 6) is 0.635. The minimum atomic E-state index is -0.0856. The molecule has 0 aliphatic rings. The third kappa shape index (κ3) is 2.77. The van der Waals surface area contributed by atoms with Gasteiger partial charge in [0.25, 0.3) is 0 Å². The number of aryl methyl sites for hydroxylation is 1. The lowest BCUT2D eigenvalue weighted by molar-refractivity contribution is 0.103. The first-order chi connectivity index (χ1) is 8.70. The molecule has 4 heteroatoms. The summed E-state index contributed by atoms with van der Waals surface area (Å²) in [7, 11) is 1.79. The average molecular weight is 244 g/mol. The lowest BCUT2D eigenvalue weighted by Crippen LogP contribution is -2.04. The Balaban J connectivity index is 2.20. The van der Waals surface area contributed by atoms with Crippen molar-refractivity contribution in [3.05, 3.63) is 47.8 Å². The number of ketones is 1. The molecule has 2 aromatic rings. The maximum absolute atomic E-state index is 12.2. The first kappa shape index (κ1) is 12.4. The Labute approximate surface area is 106 Å². The van der Waals surface area contributed by atoms with Crippen LogP contribution in [0.3, 0.4) is 0 Å². The SMILES string of the molecule is CCCOc1cccc(C(=O)c2ccn(C)n2)c1. The fourth-order valence-electron chi connectivity index (χ4n) is 1.63. The number of ether oxygens (including phenoxy) is 1. The molecule has 1 heterocycles. The Morgan fingerprint density at radius 3 is 2.89 bits per heavy atom. The van der Waals surface area contributed by atoms with E-state index in [9.17, 15) is 4.79 Å². The molecule has 0 atom stereocenters. The normalized spacial score (nSPS) is 10.3. The van der Waals surface area contributed by atoms with Gasteiger partial charge in [-0.05, 0) is 24.6 Å². The minimum absolute atomic E-state index is 0.0856. The fourth-order valence-corrected chi connectivity index (χ4v) is 1.63. The molecule has 0 radical (unpaired) electrons. The van der Waals surface area contributed by atoms with Crippen molar-refractivity contribution in [2.75, 3.05) is 6.61 Å². The second-order valence-electron chi connectivity index (χ2n) is 4.08. The molecule has 0 spiro atoms. The summed E-state index contributed by atoms with van der Waals surface area (Å²) in [4.78, 5) is 12.2. The maximum atomic E-state index is 12.2. The number of hydrogen-bond acceptors (Lipinski definition) is 3. The second-order valence-corrected chi connectivity index (χ2v) is 4.08. The molecule has 0 fully saturated rings. The van der Waals surface area contributed by atoms with Crippen LogP contribution in [0.4, 0.5) is 0 Å². The molecule has 2 rings (SSSR count). The predicted octanol–water partition coefficient (Wildman–Crippen LogP) is 2.44. The topological polar surface area (TPSA) is 44.1 Å². The number of nitrogens with zero attached hydrogens (tertiary/aromatic N) is 2. The number of benzene rings is 1. The summed E-state index contributed by atoms with van der Waals surface area (Å²) < 4.78 is 7.12. The third-order valence-corrected chi connectivity index (χ3v) is 2.52. The van der Waals surface area contributed by atoms with Crippen molar-refractivity contribution < 1.29 is 9.53 Å². The largest absolute Gasteiger partial charge is 0.494 e. The highest BCUT2D eigenvalue weighted by Gasteiger charge is 2.12. The van der Waals surface area contributed by atoms with Crippen LogP contribution in [0, 0.1) is 0 Å². The summed E-state index contributed by atoms with van der Waals surface area (Å²) in [5.41, 5.74) is 1.05. The van der Waals surface area contributed by atoms with E-state index in [4.69, 9.17) is 4.74 Å². The van der Waals surface area contributed by atoms with Crippen LogP contribution in [-0.2, 0) is 7.05 Å². The molecule has 0 aliphatic carbocycles. The lowest BCUT2D eigenvalue weighted by atomic mass is 10.1. The van der Waals surface area contributed by atoms with Gasteiger partial charge >= 0.3 is 0 Å². The molecule has 0 unspecified atom stereocenters. The number of carbonyl (C=O) groups excluding carboxylic acids is 1. The van der Waals surface area contributed by atoms with Crippen molar-refractivity contribution in [3.63, 3.8) is 0 Å². The monoisotopic (exact) mass is 244 g/mol. The van der Waals surface area contributed by atoms with E-state index in [0.29, 0.717) is 17.9 Å². The van der Waals surface area contributed by atoms with E-state index in [1.54, 1.807) is 36.1 Å². The van der Waals surface area contributed by atoms with E-state index in [1.807, 2.05) is 19.1 Å². The predicted molar refractivity (Wildman–Crippen MR) is 68.9 cm³/mol. The van der Waals surface area contributed by atoms with Gasteiger partial charge in [-0.2, -0.15) is 5.10 Å². The molecule has 0 bridgehead atoms. The van der Waals surface area contributed by atoms with Crippen LogP contribution >= 0.6 is 0 Å². The molecule has 4 nitrogen and oxygen atoms in total. The Bertz CT molecular complexity index is 546. The van der Waals surface area contributed by atoms with Crippen LogP contribution in [-0.4, -0.2) is 22.2 Å². The van der Waals surface area contributed by atoms with Gasteiger partial charge in [-0.3, -0.25) is 9.48 Å². The molecule has 0 aliphatic heterocycles. The van der Waals surface area contributed by atoms with Crippen molar-refractivity contribution in [1.82, 2.24) is 9.78 Å². The molecule has 1 aromatic heterocycles. The van der Waals surface area contributed by atoms with E-state index < -0.39 is 0 Å². The Kier molecular flexibility index (Phi) is 3.77. The van der Waals surface area contributed by atoms with Gasteiger partial charge in [-0.25, -0.2) is 0 Å². The number of carbonyl (C=O) groups is 1. The van der Waals surface area contributed by atoms with E-state index in [-0.39, 0.29) is 5.78 Å². The average Bonchev–Trinajstić information content (AvgIpc) is 2.82. The van der Waals surface area contributed by atoms with E-state index in [1.165, 1.54) is 0 Å². The van der Waals surface area contributed by atoms with Gasteiger partial charge in [-0.1, -0.05) is 19.1 Å². The third-order valence-electron chi connectivity index (χ3n) is 2.52. The summed E-state index contributed by atoms with van der Waals surface area (Å²) in [5, 5.41) is 4.11. The summed E-state index contributed by atoms with van der Waals surface area (Å²) >= 11 is 0. The quantitative estimate of drug-likeness (QED) is 0.759. The van der Waals surface area contributed by atoms with Gasteiger partial charge in [0, 0.05) is 18.8 Å². The zero-order chi connectivity index (χ0) is 13.0. The van der Waals surface area contributed by atoms with Crippen molar-refractivity contribution >= 4 is 5.78 Å². The van der Waals surface area contributed by atoms with Crippen molar-refractivity contribution in [2.45, 2.75) is 13.3 Å². The zero-order valence-electron chi connectivity index (χ0n) is 10.6. The standard InChI is InChI=1S/C14H16N2O2/c1-3-9-18-12-6-4-5-11(10-12)14(17)13-7-8-16(2)15-13/h4-8,10H,3,9H2,1-2H3. The number of rotatable bonds is 5. The van der Waals surface area contributed by atoms with Crippen LogP contribution in [0.1, 0.15) is 29.4 Å². The first-order valence-electron chi connectivity index (χ1n) is 5.98. The van der Waals surface area contributed by atoms with E-state index in [0.717, 1.165) is 12.2 Å². The molecule has 18 heavy (non-hydrogen) atoms. The summed E-state index contributed by atoms with van der Waals surface area (Å²) in [6.45, 7) is 2.70. The van der Waals surface area contributed by atoms with Crippen LogP contribution in [0.2, 0.25) is 0 Å². The van der Waals surface area contributed by atoms with Gasteiger partial charge in [0.1, 0.15) is 11.4 Å². The Morgan fingerprint density at radius 2 is 2.22 bits per heavy atom. The molecular weight excluding hydrogens is 228 g/mol. The maximum Gasteiger partial charge on any atom is 0.213 e. The molecule has 0 saturated heterocycles. The minimum Gasteiger partial charge on any atom is -0.494 e. The highest BCUT2D eigenvalue weighted by Crippen LogP contribution is 2.16. The summed E-state index contributed by atoms with van der Waals surface area (Å²) in [6, 6.07) is 8.91. The van der Waals surface area contributed by atoms with Gasteiger partial charge in [0.05, 0.1) is 6.61 Å². The zero-order valence-corrected chi connectivity index (χ0v) is 10.6. The highest BCUT2D eigenvalue weighted by molar-refractivity contribution is 6.07. The smallest absolute Gasteiger partial charge is 0.213 e. The number of aromatic nitrogens is 2. The van der Waals surface area contributed by atoms with Crippen LogP contribution in [0.15, 0.2) is 36.5 Å². The van der Waals surface area contributed by atoms with Gasteiger partial charge < -0.3 is 4.74 Å². The van der Waals surface area contributed by atoms with Crippen molar-refractivity contribution in [3.8, 4) is 5.75 Å². The first-order valence-corrected chi connectivity index (χ1v) is 5.98. The van der Waals surface area contributed by atoms with Gasteiger partial charge in [-0.15, -0.1) is 0 Å². The lowest BCUT2D eigenvalue weighted by Gasteiger charge is -2.05. The van der Waals surface area contributed by atoms with E-state index in [2.05, 4.69) is 5.10 Å². The molecular formula is C14H16N2O2. The van der Waals surface area contributed by atoms with Gasteiger partial charge in [0.2, 0.25) is 5.78 Å². The summed E-state index contributed by atoms with van der Waals surface area (Å²) in [6.07, 6.45) is 2.70. The Hall–Kier alpha value is -2.10.